The number of pyridine rings is 2. The molecule has 2 aromatic carbocycles. The molecule has 0 bridgehead atoms. The van der Waals surface area contributed by atoms with Gasteiger partial charge in [0.15, 0.2) is 0 Å². The van der Waals surface area contributed by atoms with E-state index in [9.17, 15) is 9.59 Å². The van der Waals surface area contributed by atoms with Crippen molar-refractivity contribution >= 4 is 11.9 Å². The van der Waals surface area contributed by atoms with Crippen LogP contribution in [0.2, 0.25) is 0 Å². The molecule has 6 aromatic heterocycles. The summed E-state index contributed by atoms with van der Waals surface area (Å²) in [6.07, 6.45) is 16.5. The number of carbonyl (C=O) groups excluding carboxylic acids is 2. The lowest BCUT2D eigenvalue weighted by Gasteiger charge is -2.17. The molecular formula is C57H58N10O4. The molecule has 0 saturated carbocycles. The average molecular weight is 947 g/mol. The van der Waals surface area contributed by atoms with Crippen LogP contribution in [0, 0.1) is 0 Å². The first-order valence-electron chi connectivity index (χ1n) is 25.8. The second kappa shape index (κ2) is 19.0. The molecule has 0 N–H and O–H groups in total. The lowest BCUT2D eigenvalue weighted by molar-refractivity contribution is 0.0516. The highest BCUT2D eigenvalue weighted by Gasteiger charge is 2.30. The first kappa shape index (κ1) is 44.7. The quantitative estimate of drug-likeness (QED) is 0.108. The number of nitrogens with zero attached hydrogens (tertiary/aromatic N) is 10. The molecule has 0 fully saturated rings. The fourth-order valence-corrected chi connectivity index (χ4v) is 11.5. The second-order valence-corrected chi connectivity index (χ2v) is 19.2. The number of fused-ring (bicyclic) bond motifs is 4. The van der Waals surface area contributed by atoms with Crippen LogP contribution in [0.15, 0.2) is 84.9 Å². The number of rotatable bonds is 12. The van der Waals surface area contributed by atoms with E-state index >= 15 is 0 Å². The van der Waals surface area contributed by atoms with Crippen molar-refractivity contribution in [1.82, 2.24) is 49.1 Å². The zero-order valence-electron chi connectivity index (χ0n) is 40.6. The van der Waals surface area contributed by atoms with Crippen LogP contribution in [0.1, 0.15) is 131 Å². The third-order valence-electron chi connectivity index (χ3n) is 14.9. The Balaban J connectivity index is 0.863. The topological polar surface area (TPSA) is 150 Å². The third kappa shape index (κ3) is 8.26. The van der Waals surface area contributed by atoms with E-state index in [0.29, 0.717) is 31.0 Å². The maximum Gasteiger partial charge on any atom is 0.338 e. The first-order chi connectivity index (χ1) is 34.9. The molecule has 4 aliphatic carbocycles. The van der Waals surface area contributed by atoms with Crippen LogP contribution in [-0.4, -0.2) is 74.2 Å². The Kier molecular flexibility index (Phi) is 12.0. The summed E-state index contributed by atoms with van der Waals surface area (Å²) in [7, 11) is 0. The van der Waals surface area contributed by atoms with Gasteiger partial charge in [-0.15, -0.1) is 0 Å². The third-order valence-corrected chi connectivity index (χ3v) is 14.9. The van der Waals surface area contributed by atoms with Gasteiger partial charge in [0.2, 0.25) is 0 Å². The molecule has 0 aliphatic heterocycles. The van der Waals surface area contributed by atoms with Crippen molar-refractivity contribution in [1.29, 1.82) is 0 Å². The minimum Gasteiger partial charge on any atom is -0.462 e. The molecule has 12 rings (SSSR count). The monoisotopic (exact) mass is 946 g/mol. The van der Waals surface area contributed by atoms with E-state index in [0.717, 1.165) is 160 Å². The smallest absolute Gasteiger partial charge is 0.338 e. The molecule has 0 saturated heterocycles. The van der Waals surface area contributed by atoms with E-state index in [1.54, 1.807) is 0 Å². The van der Waals surface area contributed by atoms with Crippen LogP contribution in [-0.2, 0) is 67.5 Å². The van der Waals surface area contributed by atoms with Gasteiger partial charge in [0, 0.05) is 45.0 Å². The van der Waals surface area contributed by atoms with Crippen LogP contribution < -0.4 is 0 Å². The molecule has 14 heteroatoms. The maximum atomic E-state index is 12.4. The predicted molar refractivity (Wildman–Crippen MR) is 270 cm³/mol. The van der Waals surface area contributed by atoms with Gasteiger partial charge in [0.25, 0.3) is 0 Å². The zero-order valence-corrected chi connectivity index (χ0v) is 40.6. The highest BCUT2D eigenvalue weighted by molar-refractivity contribution is 5.90. The summed E-state index contributed by atoms with van der Waals surface area (Å²) < 4.78 is 19.0. The van der Waals surface area contributed by atoms with E-state index in [2.05, 4.69) is 45.8 Å². The Morgan fingerprint density at radius 2 is 0.746 bits per heavy atom. The minimum atomic E-state index is -0.320. The molecule has 14 nitrogen and oxygen atoms in total. The molecular weight excluding hydrogens is 889 g/mol. The number of esters is 2. The van der Waals surface area contributed by atoms with Crippen LogP contribution in [0.4, 0.5) is 0 Å². The summed E-state index contributed by atoms with van der Waals surface area (Å²) in [5, 5.41) is 21.3. The number of aromatic nitrogens is 10. The van der Waals surface area contributed by atoms with Crippen molar-refractivity contribution in [3.8, 4) is 56.9 Å². The molecule has 0 spiro atoms. The molecule has 0 atom stereocenters. The Morgan fingerprint density at radius 3 is 1.11 bits per heavy atom. The molecule has 360 valence electrons. The van der Waals surface area contributed by atoms with Gasteiger partial charge in [-0.3, -0.25) is 0 Å². The molecule has 6 heterocycles. The summed E-state index contributed by atoms with van der Waals surface area (Å²) in [6, 6.07) is 27.6. The van der Waals surface area contributed by atoms with E-state index in [1.807, 2.05) is 71.7 Å². The van der Waals surface area contributed by atoms with Gasteiger partial charge in [-0.2, -0.15) is 20.4 Å². The van der Waals surface area contributed by atoms with Crippen LogP contribution in [0.5, 0.6) is 0 Å². The fourth-order valence-electron chi connectivity index (χ4n) is 11.5. The summed E-state index contributed by atoms with van der Waals surface area (Å²) in [6.45, 7) is 4.83. The SMILES string of the molecule is CCOC(=O)c1ccc(-n2nc(-c3cccc(-c4nn(Cn5nc(-c6cccc(-c7nn(-c8ccc(C(=O)OCC)cc8)c8c7CCCC8)n6)c6c5CCCC6)c5c4CCCC5)n3)c3c2CCCC3)cc1. The first-order valence-corrected chi connectivity index (χ1v) is 25.8. The summed E-state index contributed by atoms with van der Waals surface area (Å²) >= 11 is 0. The molecule has 0 amide bonds. The summed E-state index contributed by atoms with van der Waals surface area (Å²) in [5.74, 6) is -0.641. The van der Waals surface area contributed by atoms with Gasteiger partial charge in [0.1, 0.15) is 29.4 Å². The van der Waals surface area contributed by atoms with E-state index in [-0.39, 0.29) is 11.9 Å². The van der Waals surface area contributed by atoms with E-state index < -0.39 is 0 Å². The average Bonchev–Trinajstić information content (AvgIpc) is 4.21. The number of hydrogen-bond acceptors (Lipinski definition) is 10. The van der Waals surface area contributed by atoms with Crippen molar-refractivity contribution in [2.75, 3.05) is 13.2 Å². The normalized spacial score (nSPS) is 15.1. The van der Waals surface area contributed by atoms with Crippen molar-refractivity contribution < 1.29 is 19.1 Å². The van der Waals surface area contributed by atoms with Gasteiger partial charge in [0.05, 0.1) is 58.5 Å². The lowest BCUT2D eigenvalue weighted by Crippen LogP contribution is -2.18. The number of hydrogen-bond donors (Lipinski definition) is 0. The van der Waals surface area contributed by atoms with E-state index in [4.69, 9.17) is 39.8 Å². The Labute approximate surface area is 413 Å². The highest BCUT2D eigenvalue weighted by Crippen LogP contribution is 2.38. The molecule has 4 aliphatic rings. The largest absolute Gasteiger partial charge is 0.462 e. The van der Waals surface area contributed by atoms with Crippen LogP contribution in [0.3, 0.4) is 0 Å². The van der Waals surface area contributed by atoms with Crippen molar-refractivity contribution in [3.05, 3.63) is 141 Å². The van der Waals surface area contributed by atoms with Gasteiger partial charge in [-0.05, 0) is 189 Å². The number of benzene rings is 2. The van der Waals surface area contributed by atoms with Gasteiger partial charge >= 0.3 is 11.9 Å². The Bertz CT molecular complexity index is 3100. The predicted octanol–water partition coefficient (Wildman–Crippen LogP) is 10.3. The second-order valence-electron chi connectivity index (χ2n) is 19.2. The van der Waals surface area contributed by atoms with Gasteiger partial charge < -0.3 is 9.47 Å². The summed E-state index contributed by atoms with van der Waals surface area (Å²) in [4.78, 5) is 35.6. The summed E-state index contributed by atoms with van der Waals surface area (Å²) in [5.41, 5.74) is 20.0. The minimum absolute atomic E-state index is 0.320. The van der Waals surface area contributed by atoms with Gasteiger partial charge in [-0.25, -0.2) is 38.3 Å². The van der Waals surface area contributed by atoms with Crippen LogP contribution >= 0.6 is 0 Å². The zero-order chi connectivity index (χ0) is 48.0. The van der Waals surface area contributed by atoms with Crippen molar-refractivity contribution in [2.24, 2.45) is 0 Å². The number of ether oxygens (including phenoxy) is 2. The molecule has 0 radical (unpaired) electrons. The fraction of sp³-hybridized carbons (Fsp3) is 0.368. The van der Waals surface area contributed by atoms with E-state index in [1.165, 1.54) is 45.0 Å². The van der Waals surface area contributed by atoms with Crippen molar-refractivity contribution in [3.63, 3.8) is 0 Å². The molecule has 71 heavy (non-hydrogen) atoms. The van der Waals surface area contributed by atoms with Crippen molar-refractivity contribution in [2.45, 2.75) is 123 Å². The Hall–Kier alpha value is -7.48. The maximum absolute atomic E-state index is 12.4. The highest BCUT2D eigenvalue weighted by atomic mass is 16.5. The number of carbonyl (C=O) groups is 2. The Morgan fingerprint density at radius 1 is 0.423 bits per heavy atom. The van der Waals surface area contributed by atoms with Gasteiger partial charge in [-0.1, -0.05) is 12.1 Å². The van der Waals surface area contributed by atoms with Crippen LogP contribution in [0.25, 0.3) is 56.9 Å². The lowest BCUT2D eigenvalue weighted by atomic mass is 9.93. The molecule has 8 aromatic rings. The standard InChI is InChI=1S/C57H58N10O4/c1-3-70-56(68)36-27-31-38(32-28-36)66-50-25-11-7-17-42(50)54(62-66)46-21-13-19-44(58-46)52-40-15-5-9-23-48(40)64(60-52)35-65-49-24-10-6-16-41(49)53(61-65)45-20-14-22-47(59-45)55-43-18-8-12-26-51(43)67(63-55)39-33-29-37(30-34-39)57(69)71-4-2/h13-14,19-22,27-34H,3-12,15-18,23-26,35H2,1-2H3. The molecule has 0 unspecified atom stereocenters.